The number of hydrogen-bond donors (Lipinski definition) is 2. The monoisotopic (exact) mass is 375 g/mol. The van der Waals surface area contributed by atoms with Crippen LogP contribution in [0.15, 0.2) is 29.6 Å². The Hall–Kier alpha value is -1.80. The first-order valence-corrected chi connectivity index (χ1v) is 9.63. The number of β-amino-alcohol motifs (C(OH)–C–C–N with tert-alkyl or cyclic N) is 1. The Morgan fingerprint density at radius 1 is 1.50 bits per heavy atom. The second-order valence-electron chi connectivity index (χ2n) is 6.66. The Kier molecular flexibility index (Phi) is 6.37. The van der Waals surface area contributed by atoms with Crippen LogP contribution in [0.3, 0.4) is 0 Å². The number of piperidine rings is 1. The van der Waals surface area contributed by atoms with Crippen LogP contribution < -0.4 is 5.32 Å². The molecule has 0 aliphatic carbocycles. The lowest BCUT2D eigenvalue weighted by Crippen LogP contribution is -2.53. The zero-order chi connectivity index (χ0) is 18.5. The predicted molar refractivity (Wildman–Crippen MR) is 101 cm³/mol. The van der Waals surface area contributed by atoms with Crippen LogP contribution >= 0.6 is 11.3 Å². The molecular formula is C19H25N3O3S. The number of carbonyl (C=O) groups is 1. The summed E-state index contributed by atoms with van der Waals surface area (Å²) in [5.74, 6) is -0.157. The second kappa shape index (κ2) is 8.73. The van der Waals surface area contributed by atoms with Crippen LogP contribution in [0.2, 0.25) is 0 Å². The van der Waals surface area contributed by atoms with Gasteiger partial charge in [0.15, 0.2) is 0 Å². The first-order chi connectivity index (χ1) is 12.5. The van der Waals surface area contributed by atoms with Crippen molar-refractivity contribution in [3.05, 3.63) is 51.5 Å². The number of ether oxygens (including phenoxy) is 1. The molecule has 6 nitrogen and oxygen atoms in total. The van der Waals surface area contributed by atoms with Gasteiger partial charge in [-0.05, 0) is 31.0 Å². The molecule has 3 rings (SSSR count). The summed E-state index contributed by atoms with van der Waals surface area (Å²) < 4.78 is 5.11. The van der Waals surface area contributed by atoms with Crippen LogP contribution in [-0.2, 0) is 17.9 Å². The Labute approximate surface area is 157 Å². The fourth-order valence-corrected chi connectivity index (χ4v) is 3.84. The molecule has 1 saturated heterocycles. The third-order valence-electron chi connectivity index (χ3n) is 4.53. The normalized spacial score (nSPS) is 20.9. The molecular weight excluding hydrogens is 350 g/mol. The minimum Gasteiger partial charge on any atom is -0.390 e. The molecule has 1 aliphatic rings. The first kappa shape index (κ1) is 19.0. The molecule has 0 unspecified atom stereocenters. The Balaban J connectivity index is 1.54. The largest absolute Gasteiger partial charge is 0.390 e. The van der Waals surface area contributed by atoms with Crippen molar-refractivity contribution in [3.63, 3.8) is 0 Å². The van der Waals surface area contributed by atoms with Gasteiger partial charge in [-0.3, -0.25) is 9.69 Å². The molecule has 1 amide bonds. The first-order valence-electron chi connectivity index (χ1n) is 8.75. The van der Waals surface area contributed by atoms with E-state index >= 15 is 0 Å². The van der Waals surface area contributed by atoms with E-state index in [9.17, 15) is 9.90 Å². The van der Waals surface area contributed by atoms with Crippen molar-refractivity contribution in [1.82, 2.24) is 15.2 Å². The van der Waals surface area contributed by atoms with Crippen molar-refractivity contribution < 1.29 is 14.6 Å². The molecule has 1 aliphatic heterocycles. The van der Waals surface area contributed by atoms with E-state index in [-0.39, 0.29) is 11.9 Å². The quantitative estimate of drug-likeness (QED) is 0.807. The lowest BCUT2D eigenvalue weighted by Gasteiger charge is -2.36. The average Bonchev–Trinajstić information content (AvgIpc) is 3.02. The second-order valence-corrected chi connectivity index (χ2v) is 7.72. The number of aryl methyl sites for hydroxylation is 1. The fourth-order valence-electron chi connectivity index (χ4n) is 3.24. The fraction of sp³-hybridized carbons (Fsp3) is 0.474. The van der Waals surface area contributed by atoms with Crippen LogP contribution in [0, 0.1) is 6.92 Å². The van der Waals surface area contributed by atoms with Crippen molar-refractivity contribution in [1.29, 1.82) is 0 Å². The number of thiazole rings is 1. The van der Waals surface area contributed by atoms with Gasteiger partial charge in [0, 0.05) is 37.7 Å². The molecule has 1 aromatic heterocycles. The summed E-state index contributed by atoms with van der Waals surface area (Å²) in [5.41, 5.74) is 2.58. The van der Waals surface area contributed by atoms with Gasteiger partial charge in [0.2, 0.25) is 0 Å². The Morgan fingerprint density at radius 3 is 3.04 bits per heavy atom. The van der Waals surface area contributed by atoms with E-state index in [1.54, 1.807) is 24.5 Å². The third-order valence-corrected chi connectivity index (χ3v) is 5.36. The summed E-state index contributed by atoms with van der Waals surface area (Å²) in [4.78, 5) is 19.2. The molecule has 1 fully saturated rings. The molecule has 1 aromatic carbocycles. The van der Waals surface area contributed by atoms with E-state index in [0.717, 1.165) is 29.4 Å². The van der Waals surface area contributed by atoms with Gasteiger partial charge < -0.3 is 15.2 Å². The zero-order valence-electron chi connectivity index (χ0n) is 15.1. The maximum absolute atomic E-state index is 12.5. The molecule has 0 radical (unpaired) electrons. The van der Waals surface area contributed by atoms with Crippen molar-refractivity contribution in [3.8, 4) is 0 Å². The van der Waals surface area contributed by atoms with Gasteiger partial charge in [0.05, 0.1) is 29.5 Å². The number of benzene rings is 1. The van der Waals surface area contributed by atoms with E-state index in [1.165, 1.54) is 0 Å². The summed E-state index contributed by atoms with van der Waals surface area (Å²) in [6.45, 7) is 4.55. The van der Waals surface area contributed by atoms with Gasteiger partial charge >= 0.3 is 0 Å². The number of nitrogens with zero attached hydrogens (tertiary/aromatic N) is 2. The van der Waals surface area contributed by atoms with E-state index in [0.29, 0.717) is 25.1 Å². The van der Waals surface area contributed by atoms with E-state index in [4.69, 9.17) is 4.74 Å². The van der Waals surface area contributed by atoms with Gasteiger partial charge in [-0.25, -0.2) is 4.98 Å². The highest BCUT2D eigenvalue weighted by atomic mass is 32.1. The minimum atomic E-state index is -0.588. The maximum atomic E-state index is 12.5. The molecule has 7 heteroatoms. The van der Waals surface area contributed by atoms with E-state index in [2.05, 4.69) is 20.6 Å². The molecule has 140 valence electrons. The number of aromatic nitrogens is 1. The van der Waals surface area contributed by atoms with Gasteiger partial charge in [-0.1, -0.05) is 12.1 Å². The van der Waals surface area contributed by atoms with Crippen molar-refractivity contribution in [2.45, 2.75) is 38.6 Å². The van der Waals surface area contributed by atoms with Crippen LogP contribution in [-0.4, -0.2) is 53.2 Å². The Morgan fingerprint density at radius 2 is 2.35 bits per heavy atom. The Bertz CT molecular complexity index is 749. The summed E-state index contributed by atoms with van der Waals surface area (Å²) in [6.07, 6.45) is 0.128. The molecule has 2 aromatic rings. The number of methoxy groups -OCH3 is 1. The van der Waals surface area contributed by atoms with Crippen molar-refractivity contribution >= 4 is 17.2 Å². The number of rotatable bonds is 6. The lowest BCUT2D eigenvalue weighted by molar-refractivity contribution is 0.0346. The van der Waals surface area contributed by atoms with Gasteiger partial charge in [-0.15, -0.1) is 11.3 Å². The van der Waals surface area contributed by atoms with Gasteiger partial charge in [0.1, 0.15) is 0 Å². The number of amides is 1. The number of aliphatic hydroxyl groups excluding tert-OH is 1. The predicted octanol–water partition coefficient (Wildman–Crippen LogP) is 1.96. The molecule has 0 bridgehead atoms. The summed E-state index contributed by atoms with van der Waals surface area (Å²) >= 11 is 1.64. The SMILES string of the molecule is COCc1cccc(C(=O)N[C@@H]2CCN(Cc3csc(C)n3)C[C@H]2O)c1. The van der Waals surface area contributed by atoms with Crippen LogP contribution in [0.25, 0.3) is 0 Å². The summed E-state index contributed by atoms with van der Waals surface area (Å²) in [7, 11) is 1.63. The smallest absolute Gasteiger partial charge is 0.251 e. The van der Waals surface area contributed by atoms with Crippen molar-refractivity contribution in [2.75, 3.05) is 20.2 Å². The topological polar surface area (TPSA) is 74.7 Å². The third kappa shape index (κ3) is 4.88. The highest BCUT2D eigenvalue weighted by Crippen LogP contribution is 2.17. The number of likely N-dealkylation sites (tertiary alicyclic amines) is 1. The average molecular weight is 375 g/mol. The molecule has 2 N–H and O–H groups in total. The summed E-state index contributed by atoms with van der Waals surface area (Å²) in [6, 6.07) is 7.14. The standard InChI is InChI=1S/C19H25N3O3S/c1-13-20-16(12-26-13)9-22-7-6-17(18(23)10-22)21-19(24)15-5-3-4-14(8-15)11-25-2/h3-5,8,12,17-18,23H,6-7,9-11H2,1-2H3,(H,21,24)/t17-,18-/m1/s1. The molecule has 0 saturated carbocycles. The van der Waals surface area contributed by atoms with E-state index < -0.39 is 6.10 Å². The van der Waals surface area contributed by atoms with Gasteiger partial charge in [-0.2, -0.15) is 0 Å². The summed E-state index contributed by atoms with van der Waals surface area (Å²) in [5, 5.41) is 16.5. The number of hydrogen-bond acceptors (Lipinski definition) is 6. The number of carbonyl (C=O) groups excluding carboxylic acids is 1. The molecule has 2 heterocycles. The maximum Gasteiger partial charge on any atom is 0.251 e. The van der Waals surface area contributed by atoms with Gasteiger partial charge in [0.25, 0.3) is 5.91 Å². The molecule has 26 heavy (non-hydrogen) atoms. The zero-order valence-corrected chi connectivity index (χ0v) is 16.0. The number of nitrogens with one attached hydrogen (secondary N) is 1. The highest BCUT2D eigenvalue weighted by Gasteiger charge is 2.29. The van der Waals surface area contributed by atoms with Crippen LogP contribution in [0.1, 0.15) is 33.0 Å². The molecule has 0 spiro atoms. The lowest BCUT2D eigenvalue weighted by atomic mass is 10.0. The van der Waals surface area contributed by atoms with Crippen LogP contribution in [0.4, 0.5) is 0 Å². The van der Waals surface area contributed by atoms with Crippen LogP contribution in [0.5, 0.6) is 0 Å². The van der Waals surface area contributed by atoms with E-state index in [1.807, 2.05) is 25.1 Å². The minimum absolute atomic E-state index is 0.157. The molecule has 2 atom stereocenters. The van der Waals surface area contributed by atoms with Crippen molar-refractivity contribution in [2.24, 2.45) is 0 Å². The highest BCUT2D eigenvalue weighted by molar-refractivity contribution is 7.09. The number of aliphatic hydroxyl groups is 1.